The maximum Gasteiger partial charge on any atom is 0.275 e. The summed E-state index contributed by atoms with van der Waals surface area (Å²) in [5.74, 6) is -0.291. The van der Waals surface area contributed by atoms with Gasteiger partial charge in [-0.05, 0) is 38.3 Å². The summed E-state index contributed by atoms with van der Waals surface area (Å²) in [4.78, 5) is 23.2. The highest BCUT2D eigenvalue weighted by atomic mass is 32.1. The van der Waals surface area contributed by atoms with Crippen molar-refractivity contribution in [1.29, 1.82) is 0 Å². The van der Waals surface area contributed by atoms with Crippen molar-refractivity contribution in [3.05, 3.63) is 35.3 Å². The lowest BCUT2D eigenvalue weighted by atomic mass is 10.1. The van der Waals surface area contributed by atoms with Crippen molar-refractivity contribution < 1.29 is 9.63 Å². The predicted octanol–water partition coefficient (Wildman–Crippen LogP) is 3.42. The Morgan fingerprint density at radius 2 is 2.30 bits per heavy atom. The average molecular weight is 330 g/mol. The third kappa shape index (κ3) is 2.97. The first kappa shape index (κ1) is 15.6. The van der Waals surface area contributed by atoms with E-state index in [1.807, 2.05) is 43.0 Å². The Balaban J connectivity index is 2.18. The van der Waals surface area contributed by atoms with E-state index in [9.17, 15) is 4.79 Å². The van der Waals surface area contributed by atoms with Crippen molar-refractivity contribution in [2.45, 2.75) is 26.8 Å². The topological polar surface area (TPSA) is 69.0 Å². The van der Waals surface area contributed by atoms with Crippen LogP contribution >= 0.6 is 11.3 Å². The van der Waals surface area contributed by atoms with Gasteiger partial charge in [0.1, 0.15) is 0 Å². The zero-order valence-electron chi connectivity index (χ0n) is 13.2. The van der Waals surface area contributed by atoms with Crippen LogP contribution in [0.1, 0.15) is 37.2 Å². The van der Waals surface area contributed by atoms with Crippen molar-refractivity contribution >= 4 is 28.3 Å². The van der Waals surface area contributed by atoms with Crippen LogP contribution in [0.15, 0.2) is 29.8 Å². The summed E-state index contributed by atoms with van der Waals surface area (Å²) in [5, 5.41) is 7.08. The molecule has 3 rings (SSSR count). The number of carbonyl (C=O) groups excluding carboxylic acids is 1. The molecule has 0 aliphatic carbocycles. The zero-order chi connectivity index (χ0) is 16.4. The van der Waals surface area contributed by atoms with E-state index in [1.54, 1.807) is 23.6 Å². The van der Waals surface area contributed by atoms with Gasteiger partial charge < -0.3 is 0 Å². The molecule has 0 saturated heterocycles. The van der Waals surface area contributed by atoms with E-state index in [0.29, 0.717) is 17.8 Å². The van der Waals surface area contributed by atoms with Gasteiger partial charge in [-0.3, -0.25) is 9.63 Å². The molecule has 0 aromatic carbocycles. The Labute approximate surface area is 138 Å². The van der Waals surface area contributed by atoms with Gasteiger partial charge in [-0.2, -0.15) is 5.10 Å². The molecule has 0 bridgehead atoms. The molecular formula is C16H18N4O2S. The molecule has 1 N–H and O–H groups in total. The van der Waals surface area contributed by atoms with Crippen LogP contribution in [-0.2, 0) is 4.84 Å². The van der Waals surface area contributed by atoms with Crippen LogP contribution in [0.4, 0.5) is 0 Å². The highest BCUT2D eigenvalue weighted by Gasteiger charge is 2.18. The number of hydroxylamine groups is 1. The molecule has 3 aromatic rings. The Hall–Kier alpha value is -2.25. The van der Waals surface area contributed by atoms with Crippen LogP contribution < -0.4 is 5.48 Å². The van der Waals surface area contributed by atoms with Crippen molar-refractivity contribution in [3.63, 3.8) is 0 Å². The summed E-state index contributed by atoms with van der Waals surface area (Å²) < 4.78 is 1.82. The fraction of sp³-hybridized carbons (Fsp3) is 0.312. The molecule has 120 valence electrons. The van der Waals surface area contributed by atoms with Crippen molar-refractivity contribution in [2.75, 3.05) is 6.61 Å². The number of nitrogens with zero attached hydrogens (tertiary/aromatic N) is 3. The highest BCUT2D eigenvalue weighted by molar-refractivity contribution is 7.13. The molecule has 0 aliphatic rings. The predicted molar refractivity (Wildman–Crippen MR) is 90.3 cm³/mol. The van der Waals surface area contributed by atoms with Gasteiger partial charge in [-0.15, -0.1) is 11.3 Å². The standard InChI is InChI=1S/C16H18N4O2S/c1-4-22-19-16(21)11-8-13(14-6-5-7-23-14)18-15-12(11)9-17-20(15)10(2)3/h5-10H,4H2,1-3H3,(H,19,21). The van der Waals surface area contributed by atoms with Gasteiger partial charge in [0.15, 0.2) is 5.65 Å². The molecule has 7 heteroatoms. The Morgan fingerprint density at radius 1 is 1.48 bits per heavy atom. The summed E-state index contributed by atoms with van der Waals surface area (Å²) in [6.07, 6.45) is 1.68. The van der Waals surface area contributed by atoms with Gasteiger partial charge in [0.25, 0.3) is 5.91 Å². The van der Waals surface area contributed by atoms with Gasteiger partial charge in [-0.25, -0.2) is 15.1 Å². The van der Waals surface area contributed by atoms with Gasteiger partial charge in [0.2, 0.25) is 0 Å². The van der Waals surface area contributed by atoms with E-state index in [2.05, 4.69) is 10.6 Å². The molecule has 0 aliphatic heterocycles. The van der Waals surface area contributed by atoms with Crippen LogP contribution in [0.3, 0.4) is 0 Å². The average Bonchev–Trinajstić information content (AvgIpc) is 3.20. The zero-order valence-corrected chi connectivity index (χ0v) is 14.1. The van der Waals surface area contributed by atoms with E-state index < -0.39 is 0 Å². The minimum Gasteiger partial charge on any atom is -0.274 e. The Bertz CT molecular complexity index is 824. The second-order valence-electron chi connectivity index (χ2n) is 5.32. The maximum atomic E-state index is 12.4. The number of hydrogen-bond acceptors (Lipinski definition) is 5. The highest BCUT2D eigenvalue weighted by Crippen LogP contribution is 2.28. The maximum absolute atomic E-state index is 12.4. The number of aromatic nitrogens is 3. The molecule has 0 spiro atoms. The van der Waals surface area contributed by atoms with Crippen molar-refractivity contribution in [2.24, 2.45) is 0 Å². The molecule has 0 unspecified atom stereocenters. The largest absolute Gasteiger partial charge is 0.275 e. The Morgan fingerprint density at radius 3 is 2.96 bits per heavy atom. The number of thiophene rings is 1. The fourth-order valence-electron chi connectivity index (χ4n) is 2.33. The molecule has 1 amide bonds. The van der Waals surface area contributed by atoms with Crippen molar-refractivity contribution in [1.82, 2.24) is 20.2 Å². The third-order valence-corrected chi connectivity index (χ3v) is 4.28. The molecular weight excluding hydrogens is 312 g/mol. The first-order chi connectivity index (χ1) is 11.1. The first-order valence-corrected chi connectivity index (χ1v) is 8.34. The number of amides is 1. The third-order valence-electron chi connectivity index (χ3n) is 3.38. The quantitative estimate of drug-likeness (QED) is 0.728. The molecule has 0 saturated carbocycles. The summed E-state index contributed by atoms with van der Waals surface area (Å²) >= 11 is 1.58. The summed E-state index contributed by atoms with van der Waals surface area (Å²) in [5.41, 5.74) is 4.43. The normalized spacial score (nSPS) is 11.3. The lowest BCUT2D eigenvalue weighted by Gasteiger charge is -2.10. The molecule has 3 heterocycles. The van der Waals surface area contributed by atoms with Crippen LogP contribution in [-0.4, -0.2) is 27.3 Å². The van der Waals surface area contributed by atoms with E-state index in [4.69, 9.17) is 9.82 Å². The van der Waals surface area contributed by atoms with Crippen LogP contribution in [0.2, 0.25) is 0 Å². The van der Waals surface area contributed by atoms with Gasteiger partial charge in [0.05, 0.1) is 34.3 Å². The van der Waals surface area contributed by atoms with Gasteiger partial charge >= 0.3 is 0 Å². The van der Waals surface area contributed by atoms with E-state index in [1.165, 1.54) is 0 Å². The number of rotatable bonds is 5. The summed E-state index contributed by atoms with van der Waals surface area (Å²) in [6.45, 7) is 6.29. The minimum atomic E-state index is -0.291. The molecule has 0 fully saturated rings. The van der Waals surface area contributed by atoms with Crippen LogP contribution in [0, 0.1) is 0 Å². The SMILES string of the molecule is CCONC(=O)c1cc(-c2cccs2)nc2c1cnn2C(C)C. The van der Waals surface area contributed by atoms with E-state index in [0.717, 1.165) is 16.0 Å². The monoisotopic (exact) mass is 330 g/mol. The van der Waals surface area contributed by atoms with Gasteiger partial charge in [-0.1, -0.05) is 6.07 Å². The Kier molecular flexibility index (Phi) is 4.40. The smallest absolute Gasteiger partial charge is 0.274 e. The minimum absolute atomic E-state index is 0.154. The number of carbonyl (C=O) groups is 1. The van der Waals surface area contributed by atoms with Crippen LogP contribution in [0.25, 0.3) is 21.6 Å². The van der Waals surface area contributed by atoms with Gasteiger partial charge in [0, 0.05) is 6.04 Å². The number of nitrogens with one attached hydrogen (secondary N) is 1. The molecule has 0 radical (unpaired) electrons. The molecule has 3 aromatic heterocycles. The fourth-order valence-corrected chi connectivity index (χ4v) is 3.01. The molecule has 23 heavy (non-hydrogen) atoms. The van der Waals surface area contributed by atoms with E-state index >= 15 is 0 Å². The molecule has 6 nitrogen and oxygen atoms in total. The number of hydrogen-bond donors (Lipinski definition) is 1. The van der Waals surface area contributed by atoms with E-state index in [-0.39, 0.29) is 11.9 Å². The second-order valence-corrected chi connectivity index (χ2v) is 6.26. The van der Waals surface area contributed by atoms with Crippen molar-refractivity contribution in [3.8, 4) is 10.6 Å². The summed E-state index contributed by atoms with van der Waals surface area (Å²) in [7, 11) is 0. The van der Waals surface area contributed by atoms with Crippen LogP contribution in [0.5, 0.6) is 0 Å². The lowest BCUT2D eigenvalue weighted by Crippen LogP contribution is -2.24. The lowest BCUT2D eigenvalue weighted by molar-refractivity contribution is 0.0366. The number of pyridine rings is 1. The second kappa shape index (κ2) is 6.47. The number of fused-ring (bicyclic) bond motifs is 1. The summed E-state index contributed by atoms with van der Waals surface area (Å²) in [6, 6.07) is 5.89. The molecule has 0 atom stereocenters. The first-order valence-electron chi connectivity index (χ1n) is 7.46.